The van der Waals surface area contributed by atoms with Crippen LogP contribution in [0.1, 0.15) is 65.7 Å². The molecule has 0 aliphatic heterocycles. The predicted octanol–water partition coefficient (Wildman–Crippen LogP) is 4.53. The molecule has 4 fully saturated rings. The summed E-state index contributed by atoms with van der Waals surface area (Å²) >= 11 is 7.28. The SMILES string of the molecule is COC(=O)c1c(NC(=S)NCC23CC4CC(CC(C4)C2)C3)sc2c1CCC2. The van der Waals surface area contributed by atoms with E-state index in [4.69, 9.17) is 17.0 Å². The highest BCUT2D eigenvalue weighted by molar-refractivity contribution is 7.80. The molecule has 27 heavy (non-hydrogen) atoms. The zero-order valence-electron chi connectivity index (χ0n) is 15.9. The number of carbonyl (C=O) groups is 1. The molecule has 0 aromatic carbocycles. The van der Waals surface area contributed by atoms with Crippen LogP contribution in [0, 0.1) is 23.2 Å². The molecule has 6 heteroatoms. The van der Waals surface area contributed by atoms with Gasteiger partial charge in [0, 0.05) is 11.4 Å². The van der Waals surface area contributed by atoms with Gasteiger partial charge >= 0.3 is 5.97 Å². The van der Waals surface area contributed by atoms with Gasteiger partial charge in [0.1, 0.15) is 5.00 Å². The van der Waals surface area contributed by atoms with E-state index in [-0.39, 0.29) is 5.97 Å². The molecule has 5 aliphatic carbocycles. The third-order valence-electron chi connectivity index (χ3n) is 7.33. The Morgan fingerprint density at radius 2 is 1.85 bits per heavy atom. The number of aryl methyl sites for hydroxylation is 1. The molecule has 0 atom stereocenters. The number of nitrogens with one attached hydrogen (secondary N) is 2. The minimum atomic E-state index is -0.249. The van der Waals surface area contributed by atoms with Crippen molar-refractivity contribution in [3.63, 3.8) is 0 Å². The summed E-state index contributed by atoms with van der Waals surface area (Å²) in [4.78, 5) is 13.6. The van der Waals surface area contributed by atoms with Crippen molar-refractivity contribution in [3.05, 3.63) is 16.0 Å². The summed E-state index contributed by atoms with van der Waals surface area (Å²) in [6, 6.07) is 0. The summed E-state index contributed by atoms with van der Waals surface area (Å²) in [6.45, 7) is 0.973. The summed E-state index contributed by atoms with van der Waals surface area (Å²) in [5, 5.41) is 8.34. The fraction of sp³-hybridized carbons (Fsp3) is 0.714. The molecule has 5 aliphatic rings. The maximum Gasteiger partial charge on any atom is 0.341 e. The average Bonchev–Trinajstić information content (AvgIpc) is 3.19. The van der Waals surface area contributed by atoms with Crippen molar-refractivity contribution in [1.29, 1.82) is 0 Å². The lowest BCUT2D eigenvalue weighted by molar-refractivity contribution is -0.0490. The maximum atomic E-state index is 12.3. The largest absolute Gasteiger partial charge is 0.465 e. The summed E-state index contributed by atoms with van der Waals surface area (Å²) in [6.07, 6.45) is 11.6. The molecule has 1 heterocycles. The number of fused-ring (bicyclic) bond motifs is 1. The summed E-state index contributed by atoms with van der Waals surface area (Å²) in [5.41, 5.74) is 2.32. The van der Waals surface area contributed by atoms with E-state index in [9.17, 15) is 4.79 Å². The van der Waals surface area contributed by atoms with Crippen molar-refractivity contribution < 1.29 is 9.53 Å². The normalized spacial score (nSPS) is 33.0. The molecule has 0 saturated heterocycles. The number of ether oxygens (including phenoxy) is 1. The Labute approximate surface area is 170 Å². The number of anilines is 1. The highest BCUT2D eigenvalue weighted by Gasteiger charge is 2.50. The molecule has 1 aromatic rings. The zero-order chi connectivity index (χ0) is 18.6. The fourth-order valence-corrected chi connectivity index (χ4v) is 8.25. The van der Waals surface area contributed by atoms with E-state index in [0.29, 0.717) is 16.1 Å². The second kappa shape index (κ2) is 6.73. The highest BCUT2D eigenvalue weighted by atomic mass is 32.1. The first-order valence-corrected chi connectivity index (χ1v) is 11.6. The van der Waals surface area contributed by atoms with Crippen LogP contribution in [0.15, 0.2) is 0 Å². The van der Waals surface area contributed by atoms with Crippen molar-refractivity contribution in [1.82, 2.24) is 5.32 Å². The molecule has 4 nitrogen and oxygen atoms in total. The van der Waals surface area contributed by atoms with Gasteiger partial charge in [-0.05, 0) is 98.7 Å². The number of thiophene rings is 1. The third-order valence-corrected chi connectivity index (χ3v) is 8.78. The monoisotopic (exact) mass is 404 g/mol. The molecular formula is C21H28N2O2S2. The van der Waals surface area contributed by atoms with Gasteiger partial charge in [0.25, 0.3) is 0 Å². The number of hydrogen-bond acceptors (Lipinski definition) is 4. The highest BCUT2D eigenvalue weighted by Crippen LogP contribution is 2.59. The molecule has 4 bridgehead atoms. The van der Waals surface area contributed by atoms with Crippen LogP contribution in [-0.2, 0) is 17.6 Å². The number of rotatable bonds is 4. The molecule has 0 amide bonds. The molecule has 6 rings (SSSR count). The summed E-state index contributed by atoms with van der Waals surface area (Å²) < 4.78 is 5.03. The van der Waals surface area contributed by atoms with Crippen LogP contribution < -0.4 is 10.6 Å². The molecule has 0 radical (unpaired) electrons. The Balaban J connectivity index is 1.26. The molecule has 0 unspecified atom stereocenters. The molecular weight excluding hydrogens is 376 g/mol. The standard InChI is InChI=1S/C21H28N2O2S2/c1-25-19(24)17-15-3-2-4-16(15)27-18(17)23-20(26)22-11-21-8-12-5-13(9-21)7-14(6-12)10-21/h12-14H,2-11H2,1H3,(H2,22,23,26). The maximum absolute atomic E-state index is 12.3. The van der Waals surface area contributed by atoms with Crippen molar-refractivity contribution in [2.24, 2.45) is 23.2 Å². The first-order chi connectivity index (χ1) is 13.0. The van der Waals surface area contributed by atoms with Crippen LogP contribution in [0.5, 0.6) is 0 Å². The average molecular weight is 405 g/mol. The van der Waals surface area contributed by atoms with Gasteiger partial charge in [0.15, 0.2) is 5.11 Å². The van der Waals surface area contributed by atoms with Crippen LogP contribution in [-0.4, -0.2) is 24.7 Å². The van der Waals surface area contributed by atoms with Crippen LogP contribution in [0.25, 0.3) is 0 Å². The third kappa shape index (κ3) is 3.19. The Morgan fingerprint density at radius 3 is 2.48 bits per heavy atom. The van der Waals surface area contributed by atoms with Gasteiger partial charge in [0.05, 0.1) is 12.7 Å². The van der Waals surface area contributed by atoms with E-state index in [1.54, 1.807) is 11.3 Å². The molecule has 0 spiro atoms. The minimum Gasteiger partial charge on any atom is -0.465 e. The van der Waals surface area contributed by atoms with E-state index < -0.39 is 0 Å². The lowest BCUT2D eigenvalue weighted by Gasteiger charge is -2.57. The van der Waals surface area contributed by atoms with Crippen LogP contribution in [0.3, 0.4) is 0 Å². The van der Waals surface area contributed by atoms with E-state index >= 15 is 0 Å². The molecule has 4 saturated carbocycles. The molecule has 146 valence electrons. The van der Waals surface area contributed by atoms with Gasteiger partial charge < -0.3 is 15.4 Å². The van der Waals surface area contributed by atoms with Gasteiger partial charge in [-0.15, -0.1) is 11.3 Å². The van der Waals surface area contributed by atoms with E-state index in [2.05, 4.69) is 10.6 Å². The lowest BCUT2D eigenvalue weighted by atomic mass is 9.49. The zero-order valence-corrected chi connectivity index (χ0v) is 17.6. The van der Waals surface area contributed by atoms with E-state index in [1.807, 2.05) is 0 Å². The van der Waals surface area contributed by atoms with Gasteiger partial charge in [-0.1, -0.05) is 0 Å². The fourth-order valence-electron chi connectivity index (χ4n) is 6.73. The Morgan fingerprint density at radius 1 is 1.19 bits per heavy atom. The number of methoxy groups -OCH3 is 1. The Kier molecular flexibility index (Phi) is 4.47. The first-order valence-electron chi connectivity index (χ1n) is 10.3. The van der Waals surface area contributed by atoms with Gasteiger partial charge in [-0.2, -0.15) is 0 Å². The Bertz CT molecular complexity index is 750. The van der Waals surface area contributed by atoms with Crippen molar-refractivity contribution in [3.8, 4) is 0 Å². The summed E-state index contributed by atoms with van der Waals surface area (Å²) in [7, 11) is 1.45. The topological polar surface area (TPSA) is 50.4 Å². The number of esters is 1. The van der Waals surface area contributed by atoms with Crippen molar-refractivity contribution in [2.45, 2.75) is 57.8 Å². The smallest absolute Gasteiger partial charge is 0.341 e. The second-order valence-corrected chi connectivity index (χ2v) is 10.8. The molecule has 1 aromatic heterocycles. The predicted molar refractivity (Wildman–Crippen MR) is 113 cm³/mol. The lowest BCUT2D eigenvalue weighted by Crippen LogP contribution is -2.51. The van der Waals surface area contributed by atoms with E-state index in [0.717, 1.165) is 48.6 Å². The first kappa shape index (κ1) is 17.9. The van der Waals surface area contributed by atoms with Gasteiger partial charge in [-0.25, -0.2) is 4.79 Å². The van der Waals surface area contributed by atoms with Gasteiger partial charge in [0.2, 0.25) is 0 Å². The van der Waals surface area contributed by atoms with Crippen LogP contribution in [0.4, 0.5) is 5.00 Å². The van der Waals surface area contributed by atoms with Crippen molar-refractivity contribution in [2.75, 3.05) is 19.0 Å². The van der Waals surface area contributed by atoms with Gasteiger partial charge in [-0.3, -0.25) is 0 Å². The Hall–Kier alpha value is -1.14. The second-order valence-electron chi connectivity index (χ2n) is 9.28. The molecule has 2 N–H and O–H groups in total. The quantitative estimate of drug-likeness (QED) is 0.570. The minimum absolute atomic E-state index is 0.249. The van der Waals surface area contributed by atoms with Crippen LogP contribution >= 0.6 is 23.6 Å². The van der Waals surface area contributed by atoms with E-state index in [1.165, 1.54) is 56.1 Å². The number of carbonyl (C=O) groups excluding carboxylic acids is 1. The van der Waals surface area contributed by atoms with Crippen molar-refractivity contribution >= 4 is 39.6 Å². The van der Waals surface area contributed by atoms with Crippen LogP contribution in [0.2, 0.25) is 0 Å². The number of hydrogen-bond donors (Lipinski definition) is 2. The number of thiocarbonyl (C=S) groups is 1. The summed E-state index contributed by atoms with van der Waals surface area (Å²) in [5.74, 6) is 2.60.